The highest BCUT2D eigenvalue weighted by atomic mass is 32.2. The Bertz CT molecular complexity index is 615. The number of H-pyrrole nitrogens is 1. The van der Waals surface area contributed by atoms with Gasteiger partial charge in [-0.3, -0.25) is 15.2 Å². The normalized spacial score (nSPS) is 10.5. The van der Waals surface area contributed by atoms with Gasteiger partial charge in [0.2, 0.25) is 11.0 Å². The Balaban J connectivity index is 2.33. The van der Waals surface area contributed by atoms with E-state index >= 15 is 0 Å². The second kappa shape index (κ2) is 6.28. The average molecular weight is 295 g/mol. The third-order valence-electron chi connectivity index (χ3n) is 2.28. The maximum Gasteiger partial charge on any atom is 0.343 e. The summed E-state index contributed by atoms with van der Waals surface area (Å²) in [6.07, 6.45) is 2.12. The minimum atomic E-state index is -0.500. The molecule has 0 atom stereocenters. The summed E-state index contributed by atoms with van der Waals surface area (Å²) in [6.45, 7) is 4.31. The molecule has 2 heterocycles. The number of nitro groups is 1. The lowest BCUT2D eigenvalue weighted by molar-refractivity contribution is -0.387. The smallest absolute Gasteiger partial charge is 0.343 e. The molecule has 0 radical (unpaired) electrons. The van der Waals surface area contributed by atoms with Crippen LogP contribution < -0.4 is 5.32 Å². The van der Waals surface area contributed by atoms with Gasteiger partial charge >= 0.3 is 5.69 Å². The zero-order valence-electron chi connectivity index (χ0n) is 11.0. The lowest BCUT2D eigenvalue weighted by Gasteiger charge is -2.06. The lowest BCUT2D eigenvalue weighted by Crippen LogP contribution is -2.07. The van der Waals surface area contributed by atoms with Crippen LogP contribution >= 0.6 is 11.8 Å². The molecule has 2 rings (SSSR count). The van der Waals surface area contributed by atoms with Gasteiger partial charge in [0.05, 0.1) is 4.92 Å². The Morgan fingerprint density at radius 1 is 1.50 bits per heavy atom. The van der Waals surface area contributed by atoms with Gasteiger partial charge in [-0.05, 0) is 25.1 Å². The van der Waals surface area contributed by atoms with Crippen molar-refractivity contribution in [1.82, 2.24) is 25.1 Å². The third-order valence-corrected chi connectivity index (χ3v) is 3.14. The van der Waals surface area contributed by atoms with E-state index in [1.54, 1.807) is 6.92 Å². The fraction of sp³-hybridized carbons (Fsp3) is 0.400. The molecule has 0 spiro atoms. The van der Waals surface area contributed by atoms with Crippen LogP contribution in [0.3, 0.4) is 0 Å². The number of hydrogen-bond acceptors (Lipinski definition) is 8. The Kier molecular flexibility index (Phi) is 4.45. The minimum absolute atomic E-state index is 0.159. The fourth-order valence-electron chi connectivity index (χ4n) is 1.43. The van der Waals surface area contributed by atoms with E-state index in [0.29, 0.717) is 17.5 Å². The van der Waals surface area contributed by atoms with E-state index in [9.17, 15) is 10.1 Å². The van der Waals surface area contributed by atoms with E-state index in [4.69, 9.17) is 0 Å². The van der Waals surface area contributed by atoms with Gasteiger partial charge < -0.3 is 5.32 Å². The van der Waals surface area contributed by atoms with E-state index in [1.807, 2.05) is 6.92 Å². The number of aromatic amines is 1. The summed E-state index contributed by atoms with van der Waals surface area (Å²) in [5.74, 6) is 0.843. The first-order valence-electron chi connectivity index (χ1n) is 5.92. The second-order valence-corrected chi connectivity index (χ2v) is 4.82. The van der Waals surface area contributed by atoms with Crippen LogP contribution in [0.15, 0.2) is 16.5 Å². The summed E-state index contributed by atoms with van der Waals surface area (Å²) < 4.78 is 0. The highest BCUT2D eigenvalue weighted by Crippen LogP contribution is 2.34. The van der Waals surface area contributed by atoms with Crippen molar-refractivity contribution in [2.75, 3.05) is 11.9 Å². The quantitative estimate of drug-likeness (QED) is 0.469. The highest BCUT2D eigenvalue weighted by Gasteiger charge is 2.24. The van der Waals surface area contributed by atoms with E-state index in [1.165, 1.54) is 6.33 Å². The molecule has 0 saturated heterocycles. The van der Waals surface area contributed by atoms with Crippen molar-refractivity contribution in [3.05, 3.63) is 22.3 Å². The topological polar surface area (TPSA) is 123 Å². The Hall–Kier alpha value is -2.23. The molecule has 2 aromatic heterocycles. The molecule has 106 valence electrons. The molecule has 0 saturated carbocycles. The number of anilines is 1. The van der Waals surface area contributed by atoms with E-state index in [0.717, 1.165) is 18.2 Å². The first kappa shape index (κ1) is 14.2. The zero-order valence-corrected chi connectivity index (χ0v) is 11.8. The molecule has 20 heavy (non-hydrogen) atoms. The van der Waals surface area contributed by atoms with Crippen LogP contribution in [-0.4, -0.2) is 36.6 Å². The predicted molar refractivity (Wildman–Crippen MR) is 72.7 cm³/mol. The van der Waals surface area contributed by atoms with E-state index in [-0.39, 0.29) is 16.5 Å². The van der Waals surface area contributed by atoms with Gasteiger partial charge in [0.1, 0.15) is 12.2 Å². The summed E-state index contributed by atoms with van der Waals surface area (Å²) in [5, 5.41) is 21.3. The highest BCUT2D eigenvalue weighted by molar-refractivity contribution is 7.99. The van der Waals surface area contributed by atoms with Gasteiger partial charge in [0.15, 0.2) is 5.03 Å². The predicted octanol–water partition coefficient (Wildman–Crippen LogP) is 1.78. The number of nitrogens with zero attached hydrogens (tertiary/aromatic N) is 5. The van der Waals surface area contributed by atoms with Crippen LogP contribution in [0.1, 0.15) is 19.2 Å². The van der Waals surface area contributed by atoms with Crippen LogP contribution in [0.2, 0.25) is 0 Å². The maximum atomic E-state index is 11.2. The van der Waals surface area contributed by atoms with E-state index < -0.39 is 4.92 Å². The van der Waals surface area contributed by atoms with Crippen molar-refractivity contribution in [3.63, 3.8) is 0 Å². The molecule has 10 heteroatoms. The maximum absolute atomic E-state index is 11.2. The number of hydrogen-bond donors (Lipinski definition) is 2. The van der Waals surface area contributed by atoms with Crippen LogP contribution in [0, 0.1) is 17.0 Å². The second-order valence-electron chi connectivity index (χ2n) is 3.87. The van der Waals surface area contributed by atoms with Gasteiger partial charge in [-0.1, -0.05) is 6.92 Å². The molecule has 0 fully saturated rings. The van der Waals surface area contributed by atoms with Crippen molar-refractivity contribution in [2.45, 2.75) is 30.5 Å². The third kappa shape index (κ3) is 3.20. The van der Waals surface area contributed by atoms with Crippen molar-refractivity contribution >= 4 is 23.3 Å². The zero-order chi connectivity index (χ0) is 14.5. The molecule has 0 amide bonds. The van der Waals surface area contributed by atoms with Crippen molar-refractivity contribution in [3.8, 4) is 0 Å². The number of rotatable bonds is 6. The summed E-state index contributed by atoms with van der Waals surface area (Å²) in [5.41, 5.74) is -0.159. The molecule has 2 N–H and O–H groups in total. The molecule has 0 aliphatic carbocycles. The Labute approximate surface area is 118 Å². The Morgan fingerprint density at radius 3 is 2.90 bits per heavy atom. The van der Waals surface area contributed by atoms with Gasteiger partial charge in [-0.15, -0.1) is 5.10 Å². The van der Waals surface area contributed by atoms with Crippen LogP contribution in [-0.2, 0) is 0 Å². The van der Waals surface area contributed by atoms with Gasteiger partial charge in [0, 0.05) is 6.54 Å². The minimum Gasteiger partial charge on any atom is -0.364 e. The van der Waals surface area contributed by atoms with Crippen molar-refractivity contribution in [2.24, 2.45) is 0 Å². The molecule has 2 aromatic rings. The van der Waals surface area contributed by atoms with Gasteiger partial charge in [-0.2, -0.15) is 0 Å². The Morgan fingerprint density at radius 2 is 2.30 bits per heavy atom. The number of aryl methyl sites for hydroxylation is 1. The van der Waals surface area contributed by atoms with Gasteiger partial charge in [0.25, 0.3) is 0 Å². The molecule has 9 nitrogen and oxygen atoms in total. The molecule has 0 aliphatic rings. The summed E-state index contributed by atoms with van der Waals surface area (Å²) >= 11 is 1.02. The fourth-order valence-corrected chi connectivity index (χ4v) is 2.24. The summed E-state index contributed by atoms with van der Waals surface area (Å²) in [7, 11) is 0. The van der Waals surface area contributed by atoms with E-state index in [2.05, 4.69) is 30.5 Å². The SMILES string of the molecule is CCCNc1ncnc(Sc2n[nH]c(C)n2)c1[N+](=O)[O-]. The van der Waals surface area contributed by atoms with Crippen LogP contribution in [0.4, 0.5) is 11.5 Å². The standard InChI is InChI=1S/C10H13N7O2S/c1-3-4-11-8-7(17(18)19)9(13-5-12-8)20-10-14-6(2)15-16-10/h5H,3-4H2,1-2H3,(H,11,12,13)(H,14,15,16). The molecule has 0 bridgehead atoms. The van der Waals surface area contributed by atoms with Crippen LogP contribution in [0.5, 0.6) is 0 Å². The monoisotopic (exact) mass is 295 g/mol. The largest absolute Gasteiger partial charge is 0.364 e. The number of nitrogens with one attached hydrogen (secondary N) is 2. The lowest BCUT2D eigenvalue weighted by atomic mass is 10.4. The average Bonchev–Trinajstić information content (AvgIpc) is 2.81. The summed E-state index contributed by atoms with van der Waals surface area (Å²) in [6, 6.07) is 0. The molecule has 0 aromatic carbocycles. The first-order chi connectivity index (χ1) is 9.61. The van der Waals surface area contributed by atoms with Crippen molar-refractivity contribution < 1.29 is 4.92 Å². The first-order valence-corrected chi connectivity index (χ1v) is 6.73. The molecular formula is C10H13N7O2S. The molecular weight excluding hydrogens is 282 g/mol. The summed E-state index contributed by atoms with van der Waals surface area (Å²) in [4.78, 5) is 22.7. The van der Waals surface area contributed by atoms with Crippen LogP contribution in [0.25, 0.3) is 0 Å². The van der Waals surface area contributed by atoms with Crippen molar-refractivity contribution in [1.29, 1.82) is 0 Å². The number of aromatic nitrogens is 5. The molecule has 0 aliphatic heterocycles. The molecule has 0 unspecified atom stereocenters. The van der Waals surface area contributed by atoms with Gasteiger partial charge in [-0.25, -0.2) is 15.0 Å².